The van der Waals surface area contributed by atoms with Crippen LogP contribution in [-0.4, -0.2) is 26.2 Å². The van der Waals surface area contributed by atoms with E-state index >= 15 is 0 Å². The van der Waals surface area contributed by atoms with E-state index in [1.165, 1.54) is 25.9 Å². The fraction of sp³-hybridized carbons (Fsp3) is 1.00. The Morgan fingerprint density at radius 1 is 1.67 bits per heavy atom. The van der Waals surface area contributed by atoms with E-state index < -0.39 is 0 Å². The highest BCUT2D eigenvalue weighted by Gasteiger charge is 2.54. The van der Waals surface area contributed by atoms with Crippen molar-refractivity contribution in [1.82, 2.24) is 10.6 Å². The van der Waals surface area contributed by atoms with Gasteiger partial charge in [0, 0.05) is 18.0 Å². The van der Waals surface area contributed by atoms with E-state index in [1.807, 2.05) is 0 Å². The van der Waals surface area contributed by atoms with E-state index in [4.69, 9.17) is 0 Å². The second-order valence-electron chi connectivity index (χ2n) is 3.33. The van der Waals surface area contributed by atoms with E-state index in [1.54, 1.807) is 0 Å². The Kier molecular flexibility index (Phi) is 1.08. The molecule has 0 aromatic heterocycles. The summed E-state index contributed by atoms with van der Waals surface area (Å²) in [4.78, 5) is 0. The van der Waals surface area contributed by atoms with Gasteiger partial charge in [-0.15, -0.1) is 0 Å². The second kappa shape index (κ2) is 1.70. The number of rotatable bonds is 1. The maximum atomic E-state index is 3.40. The van der Waals surface area contributed by atoms with Gasteiger partial charge in [0.05, 0.1) is 0 Å². The molecular weight excluding hydrogens is 112 g/mol. The highest BCUT2D eigenvalue weighted by molar-refractivity contribution is 5.11. The Bertz CT molecular complexity index is 116. The monoisotopic (exact) mass is 126 g/mol. The quantitative estimate of drug-likeness (QED) is 0.515. The van der Waals surface area contributed by atoms with Crippen molar-refractivity contribution in [2.75, 3.05) is 20.1 Å². The van der Waals surface area contributed by atoms with Gasteiger partial charge in [-0.25, -0.2) is 0 Å². The van der Waals surface area contributed by atoms with E-state index in [0.29, 0.717) is 5.41 Å². The Hall–Kier alpha value is -0.0800. The summed E-state index contributed by atoms with van der Waals surface area (Å²) in [5.74, 6) is 0. The molecule has 1 saturated carbocycles. The van der Waals surface area contributed by atoms with Gasteiger partial charge in [-0.3, -0.25) is 0 Å². The standard InChI is InChI=1S/C7H14N2/c1-8-6-4-7(6)2-3-9-5-7/h6,8-9H,2-5H2,1H3. The summed E-state index contributed by atoms with van der Waals surface area (Å²) in [6.45, 7) is 2.48. The van der Waals surface area contributed by atoms with Gasteiger partial charge >= 0.3 is 0 Å². The molecule has 2 unspecified atom stereocenters. The fourth-order valence-electron chi connectivity index (χ4n) is 1.99. The lowest BCUT2D eigenvalue weighted by Crippen LogP contribution is -2.20. The van der Waals surface area contributed by atoms with E-state index in [2.05, 4.69) is 17.7 Å². The van der Waals surface area contributed by atoms with Gasteiger partial charge in [0.2, 0.25) is 0 Å². The first-order valence-electron chi connectivity index (χ1n) is 3.75. The summed E-state index contributed by atoms with van der Waals surface area (Å²) in [7, 11) is 2.07. The topological polar surface area (TPSA) is 24.1 Å². The molecule has 0 radical (unpaired) electrons. The number of nitrogens with one attached hydrogen (secondary N) is 2. The molecule has 0 aromatic carbocycles. The maximum Gasteiger partial charge on any atom is 0.0140 e. The predicted octanol–water partition coefficient (Wildman–Crippen LogP) is -0.0422. The van der Waals surface area contributed by atoms with E-state index in [9.17, 15) is 0 Å². The molecule has 2 fully saturated rings. The molecule has 1 aliphatic carbocycles. The van der Waals surface area contributed by atoms with Gasteiger partial charge in [0.15, 0.2) is 0 Å². The van der Waals surface area contributed by atoms with Crippen LogP contribution in [0.5, 0.6) is 0 Å². The van der Waals surface area contributed by atoms with Gasteiger partial charge in [0.1, 0.15) is 0 Å². The Morgan fingerprint density at radius 2 is 2.56 bits per heavy atom. The van der Waals surface area contributed by atoms with Crippen molar-refractivity contribution in [1.29, 1.82) is 0 Å². The van der Waals surface area contributed by atoms with Gasteiger partial charge in [-0.05, 0) is 26.4 Å². The van der Waals surface area contributed by atoms with Crippen molar-refractivity contribution in [2.24, 2.45) is 5.41 Å². The molecular formula is C7H14N2. The SMILES string of the molecule is CNC1CC12CCNC2. The molecule has 2 heteroatoms. The summed E-state index contributed by atoms with van der Waals surface area (Å²) < 4.78 is 0. The lowest BCUT2D eigenvalue weighted by molar-refractivity contribution is 0.517. The molecule has 9 heavy (non-hydrogen) atoms. The summed E-state index contributed by atoms with van der Waals surface area (Å²) >= 11 is 0. The zero-order valence-corrected chi connectivity index (χ0v) is 5.91. The van der Waals surface area contributed by atoms with Crippen LogP contribution in [0.25, 0.3) is 0 Å². The third-order valence-corrected chi connectivity index (χ3v) is 2.81. The van der Waals surface area contributed by atoms with Crippen molar-refractivity contribution in [3.8, 4) is 0 Å². The minimum atomic E-state index is 0.689. The highest BCUT2D eigenvalue weighted by Crippen LogP contribution is 2.50. The molecule has 1 saturated heterocycles. The van der Waals surface area contributed by atoms with E-state index in [-0.39, 0.29) is 0 Å². The Labute approximate surface area is 56.0 Å². The van der Waals surface area contributed by atoms with Crippen LogP contribution in [0.1, 0.15) is 12.8 Å². The molecule has 2 atom stereocenters. The second-order valence-corrected chi connectivity index (χ2v) is 3.33. The van der Waals surface area contributed by atoms with E-state index in [0.717, 1.165) is 6.04 Å². The van der Waals surface area contributed by atoms with Crippen LogP contribution in [0.2, 0.25) is 0 Å². The number of hydrogen-bond acceptors (Lipinski definition) is 2. The third-order valence-electron chi connectivity index (χ3n) is 2.81. The molecule has 2 rings (SSSR count). The molecule has 2 N–H and O–H groups in total. The van der Waals surface area contributed by atoms with Crippen molar-refractivity contribution < 1.29 is 0 Å². The normalized spacial score (nSPS) is 48.3. The zero-order valence-electron chi connectivity index (χ0n) is 5.91. The molecule has 52 valence electrons. The molecule has 1 spiro atoms. The van der Waals surface area contributed by atoms with Gasteiger partial charge in [-0.1, -0.05) is 0 Å². The average Bonchev–Trinajstić information content (AvgIpc) is 2.30. The summed E-state index contributed by atoms with van der Waals surface area (Å²) in [5, 5.41) is 6.73. The largest absolute Gasteiger partial charge is 0.316 e. The molecule has 2 nitrogen and oxygen atoms in total. The first-order chi connectivity index (χ1) is 4.37. The fourth-order valence-corrected chi connectivity index (χ4v) is 1.99. The third kappa shape index (κ3) is 0.700. The average molecular weight is 126 g/mol. The van der Waals surface area contributed by atoms with Gasteiger partial charge < -0.3 is 10.6 Å². The minimum absolute atomic E-state index is 0.689. The summed E-state index contributed by atoms with van der Waals surface area (Å²) in [5.41, 5.74) is 0.689. The Balaban J connectivity index is 1.97. The summed E-state index contributed by atoms with van der Waals surface area (Å²) in [6.07, 6.45) is 2.79. The maximum absolute atomic E-state index is 3.40. The van der Waals surface area contributed by atoms with Crippen LogP contribution in [0.3, 0.4) is 0 Å². The van der Waals surface area contributed by atoms with Crippen molar-refractivity contribution in [3.63, 3.8) is 0 Å². The first kappa shape index (κ1) is 5.69. The van der Waals surface area contributed by atoms with Crippen LogP contribution < -0.4 is 10.6 Å². The van der Waals surface area contributed by atoms with Crippen LogP contribution >= 0.6 is 0 Å². The molecule has 1 heterocycles. The molecule has 1 aliphatic heterocycles. The molecule has 0 aromatic rings. The Morgan fingerprint density at radius 3 is 3.00 bits per heavy atom. The lowest BCUT2D eigenvalue weighted by Gasteiger charge is -2.04. The first-order valence-corrected chi connectivity index (χ1v) is 3.75. The van der Waals surface area contributed by atoms with Crippen LogP contribution in [0, 0.1) is 5.41 Å². The van der Waals surface area contributed by atoms with Crippen LogP contribution in [0.15, 0.2) is 0 Å². The van der Waals surface area contributed by atoms with Crippen LogP contribution in [-0.2, 0) is 0 Å². The highest BCUT2D eigenvalue weighted by atomic mass is 15.0. The molecule has 0 amide bonds. The molecule has 2 aliphatic rings. The lowest BCUT2D eigenvalue weighted by atomic mass is 10.1. The van der Waals surface area contributed by atoms with Crippen molar-refractivity contribution in [3.05, 3.63) is 0 Å². The van der Waals surface area contributed by atoms with Crippen molar-refractivity contribution >= 4 is 0 Å². The van der Waals surface area contributed by atoms with Crippen molar-refractivity contribution in [2.45, 2.75) is 18.9 Å². The smallest absolute Gasteiger partial charge is 0.0140 e. The minimum Gasteiger partial charge on any atom is -0.316 e. The van der Waals surface area contributed by atoms with Gasteiger partial charge in [-0.2, -0.15) is 0 Å². The summed E-state index contributed by atoms with van der Waals surface area (Å²) in [6, 6.07) is 0.826. The van der Waals surface area contributed by atoms with Crippen LogP contribution in [0.4, 0.5) is 0 Å². The van der Waals surface area contributed by atoms with Gasteiger partial charge in [0.25, 0.3) is 0 Å². The zero-order chi connectivity index (χ0) is 6.32. The molecule has 0 bridgehead atoms. The number of hydrogen-bond donors (Lipinski definition) is 2. The predicted molar refractivity (Wildman–Crippen MR) is 37.4 cm³/mol.